The molecule has 0 heterocycles. The molecule has 0 saturated carbocycles. The minimum absolute atomic E-state index is 0.771. The van der Waals surface area contributed by atoms with Crippen LogP contribution in [0.15, 0.2) is 60.7 Å². The average molecular weight is 366 g/mol. The third kappa shape index (κ3) is 6.30. The highest BCUT2D eigenvalue weighted by atomic mass is 16.5. The Morgan fingerprint density at radius 3 is 2.07 bits per heavy atom. The molecular weight excluding hydrogens is 334 g/mol. The van der Waals surface area contributed by atoms with Crippen LogP contribution in [-0.4, -0.2) is 27.3 Å². The number of rotatable bonds is 10. The summed E-state index contributed by atoms with van der Waals surface area (Å²) in [5, 5.41) is 3.52. The zero-order valence-electron chi connectivity index (χ0n) is 16.9. The monoisotopic (exact) mass is 365 g/mol. The summed E-state index contributed by atoms with van der Waals surface area (Å²) < 4.78 is 10.6. The van der Waals surface area contributed by atoms with Crippen LogP contribution in [0.3, 0.4) is 0 Å². The molecule has 0 radical (unpaired) electrons. The first-order valence-corrected chi connectivity index (χ1v) is 9.51. The lowest BCUT2D eigenvalue weighted by molar-refractivity contribution is 0.354. The first-order chi connectivity index (χ1) is 13.2. The van der Waals surface area contributed by atoms with Gasteiger partial charge in [-0.05, 0) is 74.2 Å². The van der Waals surface area contributed by atoms with E-state index in [1.807, 2.05) is 19.1 Å². The van der Waals surface area contributed by atoms with E-state index in [4.69, 9.17) is 9.47 Å². The maximum atomic E-state index is 5.36. The second-order valence-electron chi connectivity index (χ2n) is 6.38. The molecule has 0 aliphatic heterocycles. The van der Waals surface area contributed by atoms with Crippen LogP contribution in [0.1, 0.15) is 30.5 Å². The Morgan fingerprint density at radius 2 is 1.48 bits per heavy atom. The number of benzene rings is 2. The molecule has 0 aromatic heterocycles. The number of methoxy groups -OCH3 is 2. The van der Waals surface area contributed by atoms with E-state index in [2.05, 4.69) is 60.8 Å². The third-order valence-corrected chi connectivity index (χ3v) is 4.57. The molecule has 27 heavy (non-hydrogen) atoms. The standard InChI is InChI=1S/C24H31NO2/c1-5-7-21(6-2)22-11-8-19(9-12-22)14-16-25-17-15-20-10-13-23(26-3)24(18-20)27-4/h5-13,18,25H,14-17H2,1-4H3/b7-5-,21-6+. The molecular formula is C24H31NO2. The Bertz CT molecular complexity index is 760. The lowest BCUT2D eigenvalue weighted by Gasteiger charge is -2.10. The number of nitrogens with one attached hydrogen (secondary N) is 1. The van der Waals surface area contributed by atoms with Gasteiger partial charge in [0, 0.05) is 0 Å². The van der Waals surface area contributed by atoms with E-state index in [0.717, 1.165) is 37.4 Å². The summed E-state index contributed by atoms with van der Waals surface area (Å²) in [7, 11) is 3.33. The maximum Gasteiger partial charge on any atom is 0.160 e. The molecule has 1 N–H and O–H groups in total. The van der Waals surface area contributed by atoms with Crippen LogP contribution in [-0.2, 0) is 12.8 Å². The molecule has 3 nitrogen and oxygen atoms in total. The average Bonchev–Trinajstić information content (AvgIpc) is 2.72. The summed E-state index contributed by atoms with van der Waals surface area (Å²) >= 11 is 0. The van der Waals surface area contributed by atoms with E-state index in [1.165, 1.54) is 22.3 Å². The molecule has 2 rings (SSSR count). The third-order valence-electron chi connectivity index (χ3n) is 4.57. The summed E-state index contributed by atoms with van der Waals surface area (Å²) in [6.45, 7) is 6.03. The molecule has 144 valence electrons. The van der Waals surface area contributed by atoms with Crippen molar-refractivity contribution in [3.63, 3.8) is 0 Å². The van der Waals surface area contributed by atoms with Gasteiger partial charge in [-0.15, -0.1) is 0 Å². The highest BCUT2D eigenvalue weighted by molar-refractivity contribution is 5.73. The van der Waals surface area contributed by atoms with Crippen molar-refractivity contribution in [2.24, 2.45) is 0 Å². The van der Waals surface area contributed by atoms with Gasteiger partial charge >= 0.3 is 0 Å². The summed E-state index contributed by atoms with van der Waals surface area (Å²) in [6.07, 6.45) is 8.36. The smallest absolute Gasteiger partial charge is 0.160 e. The minimum Gasteiger partial charge on any atom is -0.493 e. The van der Waals surface area contributed by atoms with Gasteiger partial charge in [0.15, 0.2) is 11.5 Å². The molecule has 3 heteroatoms. The SMILES string of the molecule is C/C=C\C(=C/C)c1ccc(CCNCCc2ccc(OC)c(OC)c2)cc1. The van der Waals surface area contributed by atoms with Crippen LogP contribution in [0.5, 0.6) is 11.5 Å². The van der Waals surface area contributed by atoms with Crippen molar-refractivity contribution in [1.82, 2.24) is 5.32 Å². The predicted octanol–water partition coefficient (Wildman–Crippen LogP) is 5.06. The first kappa shape index (κ1) is 20.8. The Kier molecular flexibility index (Phi) is 8.66. The van der Waals surface area contributed by atoms with Gasteiger partial charge in [0.1, 0.15) is 0 Å². The normalized spacial score (nSPS) is 11.8. The topological polar surface area (TPSA) is 30.5 Å². The van der Waals surface area contributed by atoms with E-state index >= 15 is 0 Å². The first-order valence-electron chi connectivity index (χ1n) is 9.51. The highest BCUT2D eigenvalue weighted by Gasteiger charge is 2.04. The van der Waals surface area contributed by atoms with Gasteiger partial charge in [-0.25, -0.2) is 0 Å². The van der Waals surface area contributed by atoms with Crippen LogP contribution >= 0.6 is 0 Å². The summed E-state index contributed by atoms with van der Waals surface area (Å²) in [5.74, 6) is 1.56. The molecule has 0 saturated heterocycles. The summed E-state index contributed by atoms with van der Waals surface area (Å²) in [6, 6.07) is 14.9. The van der Waals surface area contributed by atoms with E-state index < -0.39 is 0 Å². The zero-order chi connectivity index (χ0) is 19.5. The maximum absolute atomic E-state index is 5.36. The zero-order valence-corrected chi connectivity index (χ0v) is 16.9. The van der Waals surface area contributed by atoms with Crippen LogP contribution < -0.4 is 14.8 Å². The van der Waals surface area contributed by atoms with Gasteiger partial charge in [0.05, 0.1) is 14.2 Å². The van der Waals surface area contributed by atoms with Crippen molar-refractivity contribution in [2.45, 2.75) is 26.7 Å². The van der Waals surface area contributed by atoms with Crippen LogP contribution in [0, 0.1) is 0 Å². The Morgan fingerprint density at radius 1 is 0.852 bits per heavy atom. The molecule has 0 unspecified atom stereocenters. The second-order valence-corrected chi connectivity index (χ2v) is 6.38. The van der Waals surface area contributed by atoms with E-state index in [1.54, 1.807) is 14.2 Å². The summed E-state index contributed by atoms with van der Waals surface area (Å²) in [5.41, 5.74) is 5.12. The molecule has 0 spiro atoms. The van der Waals surface area contributed by atoms with Crippen molar-refractivity contribution in [2.75, 3.05) is 27.3 Å². The molecule has 0 fully saturated rings. The van der Waals surface area contributed by atoms with Crippen LogP contribution in [0.25, 0.3) is 5.57 Å². The van der Waals surface area contributed by atoms with Gasteiger partial charge < -0.3 is 14.8 Å². The molecule has 0 amide bonds. The molecule has 0 aliphatic carbocycles. The van der Waals surface area contributed by atoms with Crippen molar-refractivity contribution < 1.29 is 9.47 Å². The number of allylic oxidation sites excluding steroid dienone is 4. The van der Waals surface area contributed by atoms with E-state index in [9.17, 15) is 0 Å². The van der Waals surface area contributed by atoms with Crippen molar-refractivity contribution >= 4 is 5.57 Å². The highest BCUT2D eigenvalue weighted by Crippen LogP contribution is 2.27. The van der Waals surface area contributed by atoms with Crippen molar-refractivity contribution in [3.05, 3.63) is 77.4 Å². The van der Waals surface area contributed by atoms with Crippen LogP contribution in [0.2, 0.25) is 0 Å². The Balaban J connectivity index is 1.77. The summed E-state index contributed by atoms with van der Waals surface area (Å²) in [4.78, 5) is 0. The molecule has 0 bridgehead atoms. The molecule has 2 aromatic carbocycles. The van der Waals surface area contributed by atoms with Gasteiger partial charge in [-0.2, -0.15) is 0 Å². The number of ether oxygens (including phenoxy) is 2. The fourth-order valence-corrected chi connectivity index (χ4v) is 3.03. The fourth-order valence-electron chi connectivity index (χ4n) is 3.03. The van der Waals surface area contributed by atoms with Crippen molar-refractivity contribution in [1.29, 1.82) is 0 Å². The Labute approximate surface area is 163 Å². The number of hydrogen-bond donors (Lipinski definition) is 1. The van der Waals surface area contributed by atoms with Gasteiger partial charge in [-0.1, -0.05) is 48.6 Å². The van der Waals surface area contributed by atoms with Crippen LogP contribution in [0.4, 0.5) is 0 Å². The second kappa shape index (κ2) is 11.2. The molecule has 0 atom stereocenters. The van der Waals surface area contributed by atoms with Crippen molar-refractivity contribution in [3.8, 4) is 11.5 Å². The Hall–Kier alpha value is -2.52. The quantitative estimate of drug-likeness (QED) is 0.472. The minimum atomic E-state index is 0.771. The molecule has 2 aromatic rings. The largest absolute Gasteiger partial charge is 0.493 e. The molecule has 0 aliphatic rings. The predicted molar refractivity (Wildman–Crippen MR) is 115 cm³/mol. The lowest BCUT2D eigenvalue weighted by Crippen LogP contribution is -2.20. The van der Waals surface area contributed by atoms with Gasteiger partial charge in [0.2, 0.25) is 0 Å². The van der Waals surface area contributed by atoms with E-state index in [0.29, 0.717) is 0 Å². The van der Waals surface area contributed by atoms with Gasteiger partial charge in [0.25, 0.3) is 0 Å². The lowest BCUT2D eigenvalue weighted by atomic mass is 10.0. The van der Waals surface area contributed by atoms with Gasteiger partial charge in [-0.3, -0.25) is 0 Å². The van der Waals surface area contributed by atoms with E-state index in [-0.39, 0.29) is 0 Å². The fraction of sp³-hybridized carbons (Fsp3) is 0.333. The number of hydrogen-bond acceptors (Lipinski definition) is 3.